The highest BCUT2D eigenvalue weighted by Gasteiger charge is 2.18. The molecule has 2 aromatic carbocycles. The quantitative estimate of drug-likeness (QED) is 0.415. The molecule has 156 valence electrons. The minimum absolute atomic E-state index is 0.0792. The molecule has 4 rings (SSSR count). The number of rotatable bonds is 7. The van der Waals surface area contributed by atoms with Gasteiger partial charge in [-0.1, -0.05) is 23.9 Å². The molecule has 0 radical (unpaired) electrons. The lowest BCUT2D eigenvalue weighted by Gasteiger charge is -2.14. The molecule has 0 bridgehead atoms. The number of ether oxygens (including phenoxy) is 1. The van der Waals surface area contributed by atoms with Crippen LogP contribution in [0.15, 0.2) is 62.0 Å². The van der Waals surface area contributed by atoms with Crippen LogP contribution in [0, 0.1) is 13.8 Å². The van der Waals surface area contributed by atoms with Gasteiger partial charge in [0, 0.05) is 38.9 Å². The number of carbonyl (C=O) groups is 1. The molecule has 1 aliphatic heterocycles. The monoisotopic (exact) mass is 456 g/mol. The lowest BCUT2D eigenvalue weighted by atomic mass is 10.1. The smallest absolute Gasteiger partial charge is 0.256 e. The summed E-state index contributed by atoms with van der Waals surface area (Å²) >= 11 is 4.99. The lowest BCUT2D eigenvalue weighted by Crippen LogP contribution is -2.14. The van der Waals surface area contributed by atoms with E-state index in [0.29, 0.717) is 11.7 Å². The van der Waals surface area contributed by atoms with Crippen molar-refractivity contribution in [3.63, 3.8) is 0 Å². The average molecular weight is 457 g/mol. The summed E-state index contributed by atoms with van der Waals surface area (Å²) in [5.74, 6) is 0.801. The van der Waals surface area contributed by atoms with Gasteiger partial charge in [0.1, 0.15) is 0 Å². The number of aryl methyl sites for hydroxylation is 2. The van der Waals surface area contributed by atoms with Crippen molar-refractivity contribution in [3.05, 3.63) is 64.7 Å². The Bertz CT molecular complexity index is 1030. The van der Waals surface area contributed by atoms with Gasteiger partial charge >= 0.3 is 0 Å². The Morgan fingerprint density at radius 2 is 2.13 bits per heavy atom. The summed E-state index contributed by atoms with van der Waals surface area (Å²) in [6.07, 6.45) is 2.52. The van der Waals surface area contributed by atoms with Gasteiger partial charge in [-0.3, -0.25) is 4.79 Å². The molecule has 1 unspecified atom stereocenters. The first-order valence-electron chi connectivity index (χ1n) is 9.94. The van der Waals surface area contributed by atoms with E-state index in [0.717, 1.165) is 56.3 Å². The SMILES string of the molecule is Cc1csc(Sc2ccc(NC(=O)c3ccccc3SCC3CCCO3)c(C)c2)n1. The zero-order chi connectivity index (χ0) is 20.9. The van der Waals surface area contributed by atoms with Gasteiger partial charge in [-0.15, -0.1) is 23.1 Å². The third kappa shape index (κ3) is 5.46. The van der Waals surface area contributed by atoms with Crippen molar-refractivity contribution >= 4 is 46.5 Å². The summed E-state index contributed by atoms with van der Waals surface area (Å²) in [5, 5.41) is 5.14. The van der Waals surface area contributed by atoms with Crippen LogP contribution in [0.5, 0.6) is 0 Å². The zero-order valence-corrected chi connectivity index (χ0v) is 19.5. The summed E-state index contributed by atoms with van der Waals surface area (Å²) in [6.45, 7) is 4.87. The van der Waals surface area contributed by atoms with E-state index in [2.05, 4.69) is 21.7 Å². The second-order valence-corrected chi connectivity index (χ2v) is 10.5. The molecule has 0 aliphatic carbocycles. The molecule has 1 saturated heterocycles. The second kappa shape index (κ2) is 10.0. The number of carbonyl (C=O) groups excluding carboxylic acids is 1. The van der Waals surface area contributed by atoms with E-state index >= 15 is 0 Å². The third-order valence-electron chi connectivity index (χ3n) is 4.83. The van der Waals surface area contributed by atoms with E-state index in [-0.39, 0.29) is 5.91 Å². The molecule has 1 amide bonds. The van der Waals surface area contributed by atoms with Crippen LogP contribution >= 0.6 is 34.9 Å². The van der Waals surface area contributed by atoms with Gasteiger partial charge < -0.3 is 10.1 Å². The van der Waals surface area contributed by atoms with Gasteiger partial charge in [-0.25, -0.2) is 4.98 Å². The van der Waals surface area contributed by atoms with Gasteiger partial charge in [0.15, 0.2) is 4.34 Å². The maximum absolute atomic E-state index is 13.0. The molecule has 7 heteroatoms. The number of hydrogen-bond donors (Lipinski definition) is 1. The van der Waals surface area contributed by atoms with Gasteiger partial charge in [-0.05, 0) is 62.6 Å². The number of nitrogens with zero attached hydrogens (tertiary/aromatic N) is 1. The van der Waals surface area contributed by atoms with Crippen LogP contribution in [-0.4, -0.2) is 29.4 Å². The maximum atomic E-state index is 13.0. The van der Waals surface area contributed by atoms with E-state index in [4.69, 9.17) is 4.74 Å². The number of benzene rings is 2. The minimum Gasteiger partial charge on any atom is -0.377 e. The zero-order valence-electron chi connectivity index (χ0n) is 17.0. The summed E-state index contributed by atoms with van der Waals surface area (Å²) in [7, 11) is 0. The van der Waals surface area contributed by atoms with Gasteiger partial charge in [-0.2, -0.15) is 0 Å². The molecule has 3 aromatic rings. The lowest BCUT2D eigenvalue weighted by molar-refractivity contribution is 0.102. The first-order chi connectivity index (χ1) is 14.6. The number of hydrogen-bond acceptors (Lipinski definition) is 6. The molecule has 0 saturated carbocycles. The van der Waals surface area contributed by atoms with Crippen LogP contribution < -0.4 is 5.32 Å². The molecule has 1 N–H and O–H groups in total. The highest BCUT2D eigenvalue weighted by Crippen LogP contribution is 2.33. The molecule has 4 nitrogen and oxygen atoms in total. The highest BCUT2D eigenvalue weighted by molar-refractivity contribution is 8.01. The molecule has 0 spiro atoms. The van der Waals surface area contributed by atoms with Gasteiger partial charge in [0.25, 0.3) is 5.91 Å². The fourth-order valence-corrected chi connectivity index (χ4v) is 6.28. The van der Waals surface area contributed by atoms with Crippen LogP contribution in [0.3, 0.4) is 0 Å². The predicted octanol–water partition coefficient (Wildman–Crippen LogP) is 6.43. The molecule has 1 aromatic heterocycles. The third-order valence-corrected chi connectivity index (χ3v) is 8.08. The van der Waals surface area contributed by atoms with Crippen molar-refractivity contribution in [2.45, 2.75) is 46.9 Å². The standard InChI is InChI=1S/C23H24N2O2S3/c1-15-12-18(30-23-24-16(2)13-29-23)9-10-20(15)25-22(26)19-7-3-4-8-21(19)28-14-17-6-5-11-27-17/h3-4,7-10,12-13,17H,5-6,11,14H2,1-2H3,(H,25,26). The number of nitrogens with one attached hydrogen (secondary N) is 1. The van der Waals surface area contributed by atoms with Crippen LogP contribution in [0.25, 0.3) is 0 Å². The van der Waals surface area contributed by atoms with Crippen molar-refractivity contribution in [1.29, 1.82) is 0 Å². The Labute approximate surface area is 189 Å². The summed E-state index contributed by atoms with van der Waals surface area (Å²) < 4.78 is 6.74. The van der Waals surface area contributed by atoms with Crippen LogP contribution in [-0.2, 0) is 4.74 Å². The van der Waals surface area contributed by atoms with E-state index in [1.807, 2.05) is 50.2 Å². The summed E-state index contributed by atoms with van der Waals surface area (Å²) in [6, 6.07) is 13.9. The largest absolute Gasteiger partial charge is 0.377 e. The van der Waals surface area contributed by atoms with E-state index < -0.39 is 0 Å². The Hall–Kier alpha value is -1.80. The van der Waals surface area contributed by atoms with Gasteiger partial charge in [0.2, 0.25) is 0 Å². The first-order valence-corrected chi connectivity index (χ1v) is 12.6. The molecule has 2 heterocycles. The van der Waals surface area contributed by atoms with Crippen molar-refractivity contribution < 1.29 is 9.53 Å². The van der Waals surface area contributed by atoms with Crippen LogP contribution in [0.4, 0.5) is 5.69 Å². The molecule has 1 atom stereocenters. The van der Waals surface area contributed by atoms with Crippen molar-refractivity contribution in [1.82, 2.24) is 4.98 Å². The highest BCUT2D eigenvalue weighted by atomic mass is 32.2. The second-order valence-electron chi connectivity index (χ2n) is 7.23. The van der Waals surface area contributed by atoms with E-state index in [9.17, 15) is 4.79 Å². The maximum Gasteiger partial charge on any atom is 0.256 e. The average Bonchev–Trinajstić information content (AvgIpc) is 3.40. The summed E-state index contributed by atoms with van der Waals surface area (Å²) in [4.78, 5) is 19.6. The van der Waals surface area contributed by atoms with Crippen LogP contribution in [0.2, 0.25) is 0 Å². The Morgan fingerprint density at radius 3 is 2.87 bits per heavy atom. The van der Waals surface area contributed by atoms with Crippen molar-refractivity contribution in [3.8, 4) is 0 Å². The first kappa shape index (κ1) is 21.4. The Kier molecular flexibility index (Phi) is 7.15. The fourth-order valence-electron chi connectivity index (χ4n) is 3.25. The van der Waals surface area contributed by atoms with E-state index in [1.165, 1.54) is 0 Å². The number of thiazole rings is 1. The predicted molar refractivity (Wildman–Crippen MR) is 126 cm³/mol. The number of anilines is 1. The normalized spacial score (nSPS) is 16.0. The van der Waals surface area contributed by atoms with Crippen LogP contribution in [0.1, 0.15) is 34.5 Å². The molecular formula is C23H24N2O2S3. The summed E-state index contributed by atoms with van der Waals surface area (Å²) in [5.41, 5.74) is 3.61. The number of amides is 1. The number of thioether (sulfide) groups is 1. The Morgan fingerprint density at radius 1 is 1.27 bits per heavy atom. The molecular weight excluding hydrogens is 432 g/mol. The van der Waals surface area contributed by atoms with Crippen molar-refractivity contribution in [2.24, 2.45) is 0 Å². The topological polar surface area (TPSA) is 51.2 Å². The molecule has 1 fully saturated rings. The molecule has 1 aliphatic rings. The minimum atomic E-state index is -0.0792. The number of aromatic nitrogens is 1. The van der Waals surface area contributed by atoms with Crippen molar-refractivity contribution in [2.75, 3.05) is 17.7 Å². The van der Waals surface area contributed by atoms with Gasteiger partial charge in [0.05, 0.1) is 11.7 Å². The van der Waals surface area contributed by atoms with E-state index in [1.54, 1.807) is 34.9 Å². The molecule has 30 heavy (non-hydrogen) atoms. The fraction of sp³-hybridized carbons (Fsp3) is 0.304. The Balaban J connectivity index is 1.43.